The van der Waals surface area contributed by atoms with Gasteiger partial charge in [0.2, 0.25) is 0 Å². The van der Waals surface area contributed by atoms with Crippen molar-refractivity contribution in [1.29, 1.82) is 0 Å². The molecule has 0 fully saturated rings. The highest BCUT2D eigenvalue weighted by atomic mass is 14.9. The summed E-state index contributed by atoms with van der Waals surface area (Å²) in [6.45, 7) is 6.25. The van der Waals surface area contributed by atoms with Crippen molar-refractivity contribution in [2.24, 2.45) is 0 Å². The summed E-state index contributed by atoms with van der Waals surface area (Å²) in [5, 5.41) is 0. The predicted molar refractivity (Wildman–Crippen MR) is 147 cm³/mol. The second-order valence-electron chi connectivity index (χ2n) is 9.91. The van der Waals surface area contributed by atoms with E-state index >= 15 is 0 Å². The molecule has 0 bridgehead atoms. The van der Waals surface area contributed by atoms with Gasteiger partial charge in [-0.2, -0.15) is 0 Å². The molecule has 2 nitrogen and oxygen atoms in total. The minimum absolute atomic E-state index is 0.793. The van der Waals surface area contributed by atoms with Crippen molar-refractivity contribution in [3.8, 4) is 33.6 Å². The molecule has 0 aliphatic heterocycles. The summed E-state index contributed by atoms with van der Waals surface area (Å²) in [5.74, 6) is 0.793. The van der Waals surface area contributed by atoms with Crippen LogP contribution in [0.15, 0.2) is 66.7 Å². The van der Waals surface area contributed by atoms with Crippen LogP contribution in [-0.2, 0) is 12.8 Å². The summed E-state index contributed by atoms with van der Waals surface area (Å²) < 4.78 is 0. The van der Waals surface area contributed by atoms with Crippen LogP contribution in [-0.4, -0.2) is 9.97 Å². The molecular formula is C33H30N2. The Morgan fingerprint density at radius 1 is 0.629 bits per heavy atom. The molecule has 0 amide bonds. The van der Waals surface area contributed by atoms with Gasteiger partial charge in [-0.05, 0) is 109 Å². The van der Waals surface area contributed by atoms with E-state index in [1.54, 1.807) is 0 Å². The molecule has 0 unspecified atom stereocenters. The third-order valence-electron chi connectivity index (χ3n) is 7.14. The maximum Gasteiger partial charge on any atom is 0.159 e. The van der Waals surface area contributed by atoms with Crippen molar-refractivity contribution in [3.63, 3.8) is 0 Å². The number of benzene rings is 3. The second kappa shape index (κ2) is 8.78. The summed E-state index contributed by atoms with van der Waals surface area (Å²) in [7, 11) is 0. The first-order valence-electron chi connectivity index (χ1n) is 12.6. The molecular weight excluding hydrogens is 424 g/mol. The van der Waals surface area contributed by atoms with Crippen molar-refractivity contribution >= 4 is 12.2 Å². The van der Waals surface area contributed by atoms with E-state index in [0.29, 0.717) is 0 Å². The average molecular weight is 455 g/mol. The fraction of sp³-hybridized carbons (Fsp3) is 0.212. The standard InChI is InChI=1S/C33H30N2/c1-21-16-28(24-12-14-25(15-13-24)33-34-22(2)18-23(3)35-33)20-29(17-21)32-30-10-6-4-8-26(30)19-27-9-5-7-11-31(27)32/h4,7-8,11-20H,5-6,9-10H2,1-3H3. The molecule has 172 valence electrons. The van der Waals surface area contributed by atoms with Gasteiger partial charge in [0, 0.05) is 17.0 Å². The van der Waals surface area contributed by atoms with Gasteiger partial charge < -0.3 is 0 Å². The van der Waals surface area contributed by atoms with Crippen LogP contribution in [0.4, 0.5) is 0 Å². The molecule has 0 N–H and O–H groups in total. The fourth-order valence-electron chi connectivity index (χ4n) is 5.60. The van der Waals surface area contributed by atoms with Gasteiger partial charge in [-0.1, -0.05) is 66.8 Å². The Kier molecular flexibility index (Phi) is 5.45. The number of nitrogens with zero attached hydrogens (tertiary/aromatic N) is 2. The van der Waals surface area contributed by atoms with Crippen LogP contribution in [0.3, 0.4) is 0 Å². The van der Waals surface area contributed by atoms with Crippen LogP contribution in [0.5, 0.6) is 0 Å². The van der Waals surface area contributed by atoms with E-state index in [1.165, 1.54) is 50.1 Å². The Balaban J connectivity index is 1.45. The van der Waals surface area contributed by atoms with Crippen LogP contribution in [0.25, 0.3) is 45.8 Å². The van der Waals surface area contributed by atoms with Crippen molar-refractivity contribution in [2.45, 2.75) is 46.5 Å². The molecule has 1 aromatic heterocycles. The lowest BCUT2D eigenvalue weighted by molar-refractivity contribution is 0.955. The van der Waals surface area contributed by atoms with Crippen LogP contribution < -0.4 is 0 Å². The highest BCUT2D eigenvalue weighted by molar-refractivity contribution is 5.87. The number of allylic oxidation sites excluding steroid dienone is 2. The van der Waals surface area contributed by atoms with Crippen molar-refractivity contribution in [2.75, 3.05) is 0 Å². The molecule has 3 aromatic carbocycles. The van der Waals surface area contributed by atoms with Crippen LogP contribution in [0.1, 0.15) is 52.0 Å². The van der Waals surface area contributed by atoms with E-state index in [-0.39, 0.29) is 0 Å². The van der Waals surface area contributed by atoms with Gasteiger partial charge in [0.15, 0.2) is 5.82 Å². The van der Waals surface area contributed by atoms with Crippen LogP contribution >= 0.6 is 0 Å². The summed E-state index contributed by atoms with van der Waals surface area (Å²) in [6.07, 6.45) is 13.8. The van der Waals surface area contributed by atoms with Gasteiger partial charge in [-0.25, -0.2) is 9.97 Å². The first-order valence-corrected chi connectivity index (χ1v) is 12.6. The first-order chi connectivity index (χ1) is 17.0. The normalized spacial score (nSPS) is 14.0. The predicted octanol–water partition coefficient (Wildman–Crippen LogP) is 8.32. The SMILES string of the molecule is Cc1cc(-c2ccc(-c3nc(C)cc(C)n3)cc2)cc(-c2c3c(cc4c2CCC=C4)CCC=C3)c1. The highest BCUT2D eigenvalue weighted by Gasteiger charge is 2.20. The summed E-state index contributed by atoms with van der Waals surface area (Å²) in [6, 6.07) is 20.2. The fourth-order valence-corrected chi connectivity index (χ4v) is 5.60. The average Bonchev–Trinajstić information content (AvgIpc) is 2.86. The monoisotopic (exact) mass is 454 g/mol. The van der Waals surface area contributed by atoms with Gasteiger partial charge >= 0.3 is 0 Å². The Morgan fingerprint density at radius 3 is 2.11 bits per heavy atom. The molecule has 4 aromatic rings. The minimum atomic E-state index is 0.793. The minimum Gasteiger partial charge on any atom is -0.233 e. The number of rotatable bonds is 3. The molecule has 2 aliphatic carbocycles. The van der Waals surface area contributed by atoms with E-state index in [4.69, 9.17) is 0 Å². The maximum atomic E-state index is 4.63. The summed E-state index contributed by atoms with van der Waals surface area (Å²) >= 11 is 0. The Bertz CT molecular complexity index is 1480. The number of fused-ring (bicyclic) bond motifs is 2. The summed E-state index contributed by atoms with van der Waals surface area (Å²) in [5.41, 5.74) is 15.4. The number of hydrogen-bond donors (Lipinski definition) is 0. The van der Waals surface area contributed by atoms with E-state index in [0.717, 1.165) is 48.5 Å². The second-order valence-corrected chi connectivity index (χ2v) is 9.91. The van der Waals surface area contributed by atoms with Gasteiger partial charge in [0.05, 0.1) is 0 Å². The van der Waals surface area contributed by atoms with Gasteiger partial charge in [0.25, 0.3) is 0 Å². The molecule has 0 saturated heterocycles. The number of aryl methyl sites for hydroxylation is 4. The molecule has 2 aliphatic rings. The lowest BCUT2D eigenvalue weighted by atomic mass is 9.80. The zero-order chi connectivity index (χ0) is 23.9. The molecule has 6 rings (SSSR count). The highest BCUT2D eigenvalue weighted by Crippen LogP contribution is 2.40. The van der Waals surface area contributed by atoms with E-state index < -0.39 is 0 Å². The molecule has 0 spiro atoms. The third kappa shape index (κ3) is 4.14. The quantitative estimate of drug-likeness (QED) is 0.311. The topological polar surface area (TPSA) is 25.8 Å². The van der Waals surface area contributed by atoms with E-state index in [9.17, 15) is 0 Å². The number of aromatic nitrogens is 2. The maximum absolute atomic E-state index is 4.63. The van der Waals surface area contributed by atoms with E-state index in [2.05, 4.69) is 89.7 Å². The lowest BCUT2D eigenvalue weighted by Crippen LogP contribution is -2.06. The summed E-state index contributed by atoms with van der Waals surface area (Å²) in [4.78, 5) is 9.27. The van der Waals surface area contributed by atoms with Gasteiger partial charge in [0.1, 0.15) is 0 Å². The van der Waals surface area contributed by atoms with Crippen molar-refractivity contribution in [1.82, 2.24) is 9.97 Å². The zero-order valence-electron chi connectivity index (χ0n) is 20.7. The molecule has 0 saturated carbocycles. The zero-order valence-corrected chi connectivity index (χ0v) is 20.7. The smallest absolute Gasteiger partial charge is 0.159 e. The Hall–Kier alpha value is -3.78. The Morgan fingerprint density at radius 2 is 1.31 bits per heavy atom. The van der Waals surface area contributed by atoms with Gasteiger partial charge in [-0.3, -0.25) is 0 Å². The van der Waals surface area contributed by atoms with Crippen molar-refractivity contribution < 1.29 is 0 Å². The van der Waals surface area contributed by atoms with Crippen molar-refractivity contribution in [3.05, 3.63) is 106 Å². The van der Waals surface area contributed by atoms with Crippen LogP contribution in [0.2, 0.25) is 0 Å². The molecule has 0 atom stereocenters. The molecule has 2 heteroatoms. The molecule has 0 radical (unpaired) electrons. The largest absolute Gasteiger partial charge is 0.233 e. The van der Waals surface area contributed by atoms with Crippen LogP contribution in [0, 0.1) is 20.8 Å². The molecule has 35 heavy (non-hydrogen) atoms. The van der Waals surface area contributed by atoms with E-state index in [1.807, 2.05) is 19.9 Å². The number of hydrogen-bond acceptors (Lipinski definition) is 2. The Labute approximate surface area is 208 Å². The lowest BCUT2D eigenvalue weighted by Gasteiger charge is -2.24. The first kappa shape index (κ1) is 21.7. The third-order valence-corrected chi connectivity index (χ3v) is 7.14. The van der Waals surface area contributed by atoms with Gasteiger partial charge in [-0.15, -0.1) is 0 Å². The molecule has 1 heterocycles.